The zero-order chi connectivity index (χ0) is 19.2. The number of carbonyl (C=O) groups excluding carboxylic acids is 1. The van der Waals surface area contributed by atoms with Crippen LogP contribution in [0.5, 0.6) is 5.75 Å². The standard InChI is InChI=1S/C20H22N2O4S.2H2O/c23-15-10-8-14(9-11-15)13-17(20(25)26)21-19(24)18-7-4-12-22(18)27-16-5-2-1-3-6-16;;/h1-3,5-6,8-11,17-18,23H,4,7,12-13H2,(H,21,24)(H,25,26);2*1H2/t17-,18-;;/m0../s1. The fourth-order valence-electron chi connectivity index (χ4n) is 3.06. The Bertz CT molecular complexity index is 787. The van der Waals surface area contributed by atoms with Crippen molar-refractivity contribution < 1.29 is 30.8 Å². The van der Waals surface area contributed by atoms with Gasteiger partial charge < -0.3 is 26.5 Å². The molecule has 0 spiro atoms. The van der Waals surface area contributed by atoms with Crippen LogP contribution in [0.15, 0.2) is 59.5 Å². The van der Waals surface area contributed by atoms with Gasteiger partial charge in [-0.3, -0.25) is 4.79 Å². The Morgan fingerprint density at radius 3 is 2.38 bits per heavy atom. The summed E-state index contributed by atoms with van der Waals surface area (Å²) in [6.07, 6.45) is 1.77. The van der Waals surface area contributed by atoms with Gasteiger partial charge in [-0.2, -0.15) is 0 Å². The number of phenols is 1. The van der Waals surface area contributed by atoms with Crippen LogP contribution in [0.1, 0.15) is 18.4 Å². The smallest absolute Gasteiger partial charge is 0.326 e. The highest BCUT2D eigenvalue weighted by Gasteiger charge is 2.33. The second kappa shape index (κ2) is 11.4. The van der Waals surface area contributed by atoms with Crippen molar-refractivity contribution in [3.63, 3.8) is 0 Å². The lowest BCUT2D eigenvalue weighted by Crippen LogP contribution is -2.49. The zero-order valence-corrected chi connectivity index (χ0v) is 16.6. The average Bonchev–Trinajstić information content (AvgIpc) is 3.12. The fourth-order valence-corrected chi connectivity index (χ4v) is 4.16. The van der Waals surface area contributed by atoms with Crippen LogP contribution in [0.3, 0.4) is 0 Å². The van der Waals surface area contributed by atoms with Crippen molar-refractivity contribution in [1.29, 1.82) is 0 Å². The summed E-state index contributed by atoms with van der Waals surface area (Å²) in [6.45, 7) is 0.785. The lowest BCUT2D eigenvalue weighted by atomic mass is 10.1. The number of hydrogen-bond donors (Lipinski definition) is 3. The first-order chi connectivity index (χ1) is 13.0. The minimum atomic E-state index is -1.07. The summed E-state index contributed by atoms with van der Waals surface area (Å²) in [5.74, 6) is -1.21. The summed E-state index contributed by atoms with van der Waals surface area (Å²) < 4.78 is 2.02. The van der Waals surface area contributed by atoms with E-state index in [4.69, 9.17) is 0 Å². The number of carboxylic acid groups (broad SMARTS) is 1. The number of nitrogens with zero attached hydrogens (tertiary/aromatic N) is 1. The van der Waals surface area contributed by atoms with Gasteiger partial charge >= 0.3 is 5.97 Å². The molecule has 9 heteroatoms. The van der Waals surface area contributed by atoms with Crippen LogP contribution in [-0.2, 0) is 16.0 Å². The Balaban J connectivity index is 0.00000210. The summed E-state index contributed by atoms with van der Waals surface area (Å²) in [5.41, 5.74) is 0.738. The van der Waals surface area contributed by atoms with Gasteiger partial charge in [-0.25, -0.2) is 9.10 Å². The van der Waals surface area contributed by atoms with E-state index in [-0.39, 0.29) is 35.1 Å². The van der Waals surface area contributed by atoms with Crippen molar-refractivity contribution in [3.05, 3.63) is 60.2 Å². The Labute approximate surface area is 173 Å². The summed E-state index contributed by atoms with van der Waals surface area (Å²) >= 11 is 1.53. The molecule has 7 N–H and O–H groups in total. The number of nitrogens with one attached hydrogen (secondary N) is 1. The Kier molecular flexibility index (Phi) is 9.63. The predicted molar refractivity (Wildman–Crippen MR) is 111 cm³/mol. The van der Waals surface area contributed by atoms with Crippen molar-refractivity contribution in [2.45, 2.75) is 36.2 Å². The number of benzene rings is 2. The van der Waals surface area contributed by atoms with Crippen molar-refractivity contribution in [2.75, 3.05) is 6.54 Å². The SMILES string of the molecule is O.O.O=C(O)[C@H](Cc1ccc(O)cc1)NC(=O)[C@@H]1CCCN1Sc1ccccc1. The number of hydrogen-bond acceptors (Lipinski definition) is 5. The van der Waals surface area contributed by atoms with Crippen LogP contribution in [0.2, 0.25) is 0 Å². The van der Waals surface area contributed by atoms with Crippen LogP contribution in [0.25, 0.3) is 0 Å². The first kappa shape index (κ1) is 24.4. The first-order valence-electron chi connectivity index (χ1n) is 8.83. The molecule has 0 unspecified atom stereocenters. The number of amides is 1. The molecule has 2 atom stereocenters. The molecule has 0 saturated carbocycles. The third kappa shape index (κ3) is 6.75. The highest BCUT2D eigenvalue weighted by Crippen LogP contribution is 2.31. The molecule has 0 radical (unpaired) electrons. The average molecular weight is 423 g/mol. The summed E-state index contributed by atoms with van der Waals surface area (Å²) in [7, 11) is 0. The van der Waals surface area contributed by atoms with Gasteiger partial charge in [-0.05, 0) is 54.6 Å². The monoisotopic (exact) mass is 422 g/mol. The minimum Gasteiger partial charge on any atom is -0.508 e. The van der Waals surface area contributed by atoms with Crippen molar-refractivity contribution in [3.8, 4) is 5.75 Å². The predicted octanol–water partition coefficient (Wildman–Crippen LogP) is 1.03. The number of aromatic hydroxyl groups is 1. The van der Waals surface area contributed by atoms with E-state index >= 15 is 0 Å². The molecule has 158 valence electrons. The van der Waals surface area contributed by atoms with E-state index in [0.29, 0.717) is 6.42 Å². The molecule has 0 aromatic heterocycles. The van der Waals surface area contributed by atoms with Gasteiger partial charge in [0.2, 0.25) is 5.91 Å². The number of carboxylic acids is 1. The third-order valence-corrected chi connectivity index (χ3v) is 5.62. The lowest BCUT2D eigenvalue weighted by Gasteiger charge is -2.24. The molecule has 1 aliphatic heterocycles. The molecule has 1 heterocycles. The Morgan fingerprint density at radius 2 is 1.76 bits per heavy atom. The second-order valence-corrected chi connectivity index (χ2v) is 7.60. The van der Waals surface area contributed by atoms with Crippen molar-refractivity contribution in [1.82, 2.24) is 9.62 Å². The van der Waals surface area contributed by atoms with E-state index in [0.717, 1.165) is 23.4 Å². The van der Waals surface area contributed by atoms with E-state index in [2.05, 4.69) is 5.32 Å². The van der Waals surface area contributed by atoms with Crippen molar-refractivity contribution >= 4 is 23.8 Å². The highest BCUT2D eigenvalue weighted by molar-refractivity contribution is 7.97. The molecule has 2 aromatic rings. The van der Waals surface area contributed by atoms with E-state index in [1.54, 1.807) is 12.1 Å². The number of carbonyl (C=O) groups is 2. The third-order valence-electron chi connectivity index (χ3n) is 4.46. The van der Waals surface area contributed by atoms with Gasteiger partial charge in [0.25, 0.3) is 0 Å². The maximum atomic E-state index is 12.7. The molecular formula is C20H26N2O6S. The van der Waals surface area contributed by atoms with Gasteiger partial charge in [-0.1, -0.05) is 30.3 Å². The van der Waals surface area contributed by atoms with Crippen molar-refractivity contribution in [2.24, 2.45) is 0 Å². The molecule has 0 bridgehead atoms. The van der Waals surface area contributed by atoms with Crippen LogP contribution in [0.4, 0.5) is 0 Å². The molecule has 1 fully saturated rings. The van der Waals surface area contributed by atoms with Crippen LogP contribution in [0, 0.1) is 0 Å². The Morgan fingerprint density at radius 1 is 1.10 bits per heavy atom. The van der Waals surface area contributed by atoms with Gasteiger partial charge in [0.05, 0.1) is 6.04 Å². The summed E-state index contributed by atoms with van der Waals surface area (Å²) in [4.78, 5) is 25.4. The maximum absolute atomic E-state index is 12.7. The van der Waals surface area contributed by atoms with Gasteiger partial charge in [0.1, 0.15) is 11.8 Å². The molecular weight excluding hydrogens is 396 g/mol. The Hall–Kier alpha value is -2.59. The van der Waals surface area contributed by atoms with Gasteiger partial charge in [-0.15, -0.1) is 0 Å². The van der Waals surface area contributed by atoms with Crippen LogP contribution in [-0.4, -0.2) is 56.0 Å². The maximum Gasteiger partial charge on any atom is 0.326 e. The molecule has 8 nitrogen and oxygen atoms in total. The molecule has 1 aliphatic rings. The molecule has 0 aliphatic carbocycles. The topological polar surface area (TPSA) is 153 Å². The second-order valence-electron chi connectivity index (χ2n) is 6.47. The van der Waals surface area contributed by atoms with E-state index in [9.17, 15) is 19.8 Å². The molecule has 2 aromatic carbocycles. The summed E-state index contributed by atoms with van der Waals surface area (Å²) in [6, 6.07) is 14.8. The molecule has 3 rings (SSSR count). The molecule has 1 saturated heterocycles. The quantitative estimate of drug-likeness (QED) is 0.566. The summed E-state index contributed by atoms with van der Waals surface area (Å²) in [5, 5.41) is 21.5. The minimum absolute atomic E-state index is 0. The van der Waals surface area contributed by atoms with Gasteiger partial charge in [0.15, 0.2) is 0 Å². The van der Waals surface area contributed by atoms with E-state index in [1.807, 2.05) is 34.6 Å². The van der Waals surface area contributed by atoms with E-state index in [1.165, 1.54) is 24.1 Å². The first-order valence-corrected chi connectivity index (χ1v) is 9.61. The fraction of sp³-hybridized carbons (Fsp3) is 0.300. The lowest BCUT2D eigenvalue weighted by molar-refractivity contribution is -0.142. The molecule has 29 heavy (non-hydrogen) atoms. The number of phenolic OH excluding ortho intramolecular Hbond substituents is 1. The number of aliphatic carboxylic acids is 1. The largest absolute Gasteiger partial charge is 0.508 e. The van der Waals surface area contributed by atoms with Crippen LogP contribution >= 0.6 is 11.9 Å². The molecule has 1 amide bonds. The van der Waals surface area contributed by atoms with Crippen LogP contribution < -0.4 is 5.32 Å². The normalized spacial score (nSPS) is 16.9. The number of rotatable bonds is 7. The van der Waals surface area contributed by atoms with Gasteiger partial charge in [0, 0.05) is 17.9 Å². The zero-order valence-electron chi connectivity index (χ0n) is 15.7. The van der Waals surface area contributed by atoms with E-state index < -0.39 is 12.0 Å². The highest BCUT2D eigenvalue weighted by atomic mass is 32.2.